The van der Waals surface area contributed by atoms with Crippen LogP contribution in [0.4, 0.5) is 0 Å². The highest BCUT2D eigenvalue weighted by Gasteiger charge is 2.45. The van der Waals surface area contributed by atoms with Crippen LogP contribution >= 0.6 is 0 Å². The number of rotatable bonds is 9. The molecule has 1 aliphatic heterocycles. The van der Waals surface area contributed by atoms with Gasteiger partial charge in [0.2, 0.25) is 5.91 Å². The molecule has 0 aliphatic carbocycles. The minimum atomic E-state index is -0.752. The van der Waals surface area contributed by atoms with Crippen molar-refractivity contribution in [2.24, 2.45) is 11.1 Å². The summed E-state index contributed by atoms with van der Waals surface area (Å²) < 4.78 is 0. The van der Waals surface area contributed by atoms with Gasteiger partial charge in [0.05, 0.1) is 5.41 Å². The summed E-state index contributed by atoms with van der Waals surface area (Å²) >= 11 is 0. The Hall–Kier alpha value is -1.10. The van der Waals surface area contributed by atoms with E-state index in [0.29, 0.717) is 38.9 Å². The maximum Gasteiger partial charge on any atom is 0.311 e. The zero-order valence-electron chi connectivity index (χ0n) is 12.6. The number of nitrogens with two attached hydrogens (primary N) is 1. The van der Waals surface area contributed by atoms with E-state index in [0.717, 1.165) is 32.1 Å². The van der Waals surface area contributed by atoms with Crippen molar-refractivity contribution in [3.63, 3.8) is 0 Å². The van der Waals surface area contributed by atoms with Crippen molar-refractivity contribution in [3.8, 4) is 0 Å². The van der Waals surface area contributed by atoms with Gasteiger partial charge >= 0.3 is 5.97 Å². The minimum absolute atomic E-state index is 0.108. The average Bonchev–Trinajstić information content (AvgIpc) is 2.84. The van der Waals surface area contributed by atoms with E-state index in [-0.39, 0.29) is 5.91 Å². The van der Waals surface area contributed by atoms with Gasteiger partial charge in [-0.1, -0.05) is 26.2 Å². The first-order valence-electron chi connectivity index (χ1n) is 7.77. The van der Waals surface area contributed by atoms with Crippen molar-refractivity contribution in [2.45, 2.75) is 58.3 Å². The molecule has 1 unspecified atom stereocenters. The van der Waals surface area contributed by atoms with Crippen LogP contribution in [0.25, 0.3) is 0 Å². The molecule has 1 rings (SSSR count). The van der Waals surface area contributed by atoms with Gasteiger partial charge in [-0.05, 0) is 32.2 Å². The van der Waals surface area contributed by atoms with Gasteiger partial charge in [-0.15, -0.1) is 0 Å². The predicted octanol–water partition coefficient (Wildman–Crippen LogP) is 2.00. The summed E-state index contributed by atoms with van der Waals surface area (Å²) in [7, 11) is 0. The zero-order chi connectivity index (χ0) is 15.0. The van der Waals surface area contributed by atoms with Gasteiger partial charge in [-0.3, -0.25) is 9.59 Å². The lowest BCUT2D eigenvalue weighted by atomic mass is 9.83. The number of carboxylic acids is 1. The van der Waals surface area contributed by atoms with Gasteiger partial charge in [-0.25, -0.2) is 0 Å². The molecule has 1 saturated heterocycles. The second kappa shape index (κ2) is 8.25. The second-order valence-corrected chi connectivity index (χ2v) is 5.85. The first-order chi connectivity index (χ1) is 9.55. The van der Waals surface area contributed by atoms with Gasteiger partial charge in [0.1, 0.15) is 0 Å². The number of likely N-dealkylation sites (tertiary alicyclic amines) is 1. The maximum absolute atomic E-state index is 12.1. The highest BCUT2D eigenvalue weighted by Crippen LogP contribution is 2.35. The van der Waals surface area contributed by atoms with E-state index in [1.54, 1.807) is 4.90 Å². The van der Waals surface area contributed by atoms with Crippen LogP contribution in [-0.4, -0.2) is 41.5 Å². The molecule has 1 amide bonds. The van der Waals surface area contributed by atoms with Crippen LogP contribution in [0.2, 0.25) is 0 Å². The predicted molar refractivity (Wildman–Crippen MR) is 78.3 cm³/mol. The van der Waals surface area contributed by atoms with Gasteiger partial charge < -0.3 is 15.7 Å². The number of carbonyl (C=O) groups excluding carboxylic acids is 1. The highest BCUT2D eigenvalue weighted by atomic mass is 16.4. The van der Waals surface area contributed by atoms with Crippen molar-refractivity contribution >= 4 is 11.9 Å². The van der Waals surface area contributed by atoms with Crippen LogP contribution in [0.15, 0.2) is 0 Å². The van der Waals surface area contributed by atoms with Crippen molar-refractivity contribution in [2.75, 3.05) is 19.6 Å². The molecule has 0 aromatic carbocycles. The Labute approximate surface area is 121 Å². The van der Waals surface area contributed by atoms with E-state index >= 15 is 0 Å². The molecule has 1 fully saturated rings. The van der Waals surface area contributed by atoms with Crippen LogP contribution in [-0.2, 0) is 9.59 Å². The summed E-state index contributed by atoms with van der Waals surface area (Å²) in [4.78, 5) is 25.3. The largest absolute Gasteiger partial charge is 0.481 e. The summed E-state index contributed by atoms with van der Waals surface area (Å²) in [6, 6.07) is 0. The average molecular weight is 284 g/mol. The maximum atomic E-state index is 12.1. The van der Waals surface area contributed by atoms with Gasteiger partial charge in [0.15, 0.2) is 0 Å². The minimum Gasteiger partial charge on any atom is -0.481 e. The number of hydrogen-bond donors (Lipinski definition) is 2. The molecule has 116 valence electrons. The molecule has 3 N–H and O–H groups in total. The van der Waals surface area contributed by atoms with E-state index in [9.17, 15) is 14.7 Å². The molecule has 1 atom stereocenters. The number of amides is 1. The molecule has 1 aliphatic rings. The van der Waals surface area contributed by atoms with Gasteiger partial charge in [-0.2, -0.15) is 0 Å². The third kappa shape index (κ3) is 4.47. The third-order valence-electron chi connectivity index (χ3n) is 4.23. The van der Waals surface area contributed by atoms with Gasteiger partial charge in [0.25, 0.3) is 0 Å². The van der Waals surface area contributed by atoms with Crippen molar-refractivity contribution in [3.05, 3.63) is 0 Å². The molecule has 0 aromatic rings. The van der Waals surface area contributed by atoms with E-state index in [1.165, 1.54) is 0 Å². The first kappa shape index (κ1) is 17.0. The quantitative estimate of drug-likeness (QED) is 0.634. The van der Waals surface area contributed by atoms with Crippen molar-refractivity contribution in [1.82, 2.24) is 4.90 Å². The Morgan fingerprint density at radius 1 is 1.25 bits per heavy atom. The normalized spacial score (nSPS) is 22.2. The number of nitrogens with zero attached hydrogens (tertiary/aromatic N) is 1. The van der Waals surface area contributed by atoms with Crippen LogP contribution in [0.1, 0.15) is 58.3 Å². The van der Waals surface area contributed by atoms with Crippen LogP contribution in [0.3, 0.4) is 0 Å². The number of hydrogen-bond acceptors (Lipinski definition) is 3. The molecule has 5 nitrogen and oxygen atoms in total. The zero-order valence-corrected chi connectivity index (χ0v) is 12.6. The van der Waals surface area contributed by atoms with Crippen molar-refractivity contribution in [1.29, 1.82) is 0 Å². The van der Waals surface area contributed by atoms with Gasteiger partial charge in [0, 0.05) is 19.5 Å². The van der Waals surface area contributed by atoms with E-state index < -0.39 is 11.4 Å². The number of carboxylic acid groups (broad SMARTS) is 1. The molecule has 0 saturated carbocycles. The lowest BCUT2D eigenvalue weighted by Crippen LogP contribution is -2.36. The molecule has 20 heavy (non-hydrogen) atoms. The summed E-state index contributed by atoms with van der Waals surface area (Å²) in [5.74, 6) is -0.644. The molecule has 0 radical (unpaired) electrons. The van der Waals surface area contributed by atoms with Crippen LogP contribution in [0, 0.1) is 5.41 Å². The second-order valence-electron chi connectivity index (χ2n) is 5.85. The molecule has 0 bridgehead atoms. The van der Waals surface area contributed by atoms with E-state index in [4.69, 9.17) is 5.73 Å². The smallest absolute Gasteiger partial charge is 0.311 e. The molecule has 0 spiro atoms. The molecular formula is C15H28N2O3. The van der Waals surface area contributed by atoms with E-state index in [2.05, 4.69) is 0 Å². The number of unbranched alkanes of at least 4 members (excludes halogenated alkanes) is 3. The molecular weight excluding hydrogens is 256 g/mol. The lowest BCUT2D eigenvalue weighted by molar-refractivity contribution is -0.149. The fourth-order valence-corrected chi connectivity index (χ4v) is 2.98. The Morgan fingerprint density at radius 3 is 2.55 bits per heavy atom. The van der Waals surface area contributed by atoms with Crippen LogP contribution < -0.4 is 5.73 Å². The monoisotopic (exact) mass is 284 g/mol. The Bertz CT molecular complexity index is 333. The summed E-state index contributed by atoms with van der Waals surface area (Å²) in [5.41, 5.74) is 4.72. The summed E-state index contributed by atoms with van der Waals surface area (Å²) in [6.07, 6.45) is 6.60. The fraction of sp³-hybridized carbons (Fsp3) is 0.867. The standard InChI is InChI=1S/C15H28N2O3/c1-2-8-15(14(19)20)9-11-17(12-15)13(18)7-5-3-4-6-10-16/h2-12,16H2,1H3,(H,19,20). The molecule has 1 heterocycles. The number of aliphatic carboxylic acids is 1. The Kier molecular flexibility index (Phi) is 6.99. The highest BCUT2D eigenvalue weighted by molar-refractivity contribution is 5.80. The third-order valence-corrected chi connectivity index (χ3v) is 4.23. The van der Waals surface area contributed by atoms with Crippen molar-refractivity contribution < 1.29 is 14.7 Å². The molecule has 5 heteroatoms. The number of carbonyl (C=O) groups is 2. The lowest BCUT2D eigenvalue weighted by Gasteiger charge is -2.24. The fourth-order valence-electron chi connectivity index (χ4n) is 2.98. The Balaban J connectivity index is 2.38. The Morgan fingerprint density at radius 2 is 1.95 bits per heavy atom. The summed E-state index contributed by atoms with van der Waals surface area (Å²) in [6.45, 7) is 3.68. The van der Waals surface area contributed by atoms with E-state index in [1.807, 2.05) is 6.92 Å². The summed E-state index contributed by atoms with van der Waals surface area (Å²) in [5, 5.41) is 9.42. The molecule has 0 aromatic heterocycles. The first-order valence-corrected chi connectivity index (χ1v) is 7.77. The van der Waals surface area contributed by atoms with Crippen LogP contribution in [0.5, 0.6) is 0 Å². The SMILES string of the molecule is CCCC1(C(=O)O)CCN(C(=O)CCCCCCN)C1. The topological polar surface area (TPSA) is 83.6 Å².